The average Bonchev–Trinajstić information content (AvgIpc) is 2.92. The second-order valence-electron chi connectivity index (χ2n) is 8.69. The standard InChI is InChI=1S/C21H35N5/c1-17-8-9-19(15-17)26-14-6-7-18(16-26)23-21-22-11-10-20(24-21)25-12-4-2-3-5-13-25/h10-11,17-19H,2-9,12-16H2,1H3,(H,22,23,24). The summed E-state index contributed by atoms with van der Waals surface area (Å²) in [5.74, 6) is 2.82. The summed E-state index contributed by atoms with van der Waals surface area (Å²) in [5.41, 5.74) is 0. The predicted molar refractivity (Wildman–Crippen MR) is 108 cm³/mol. The van der Waals surface area contributed by atoms with Crippen LogP contribution in [0.4, 0.5) is 11.8 Å². The van der Waals surface area contributed by atoms with Crippen molar-refractivity contribution in [2.45, 2.75) is 76.8 Å². The number of hydrogen-bond donors (Lipinski definition) is 1. The monoisotopic (exact) mass is 357 g/mol. The second-order valence-corrected chi connectivity index (χ2v) is 8.69. The Kier molecular flexibility index (Phi) is 5.93. The van der Waals surface area contributed by atoms with Gasteiger partial charge in [0.15, 0.2) is 0 Å². The molecule has 0 spiro atoms. The molecule has 5 nitrogen and oxygen atoms in total. The zero-order valence-corrected chi connectivity index (χ0v) is 16.4. The first kappa shape index (κ1) is 18.0. The molecule has 3 fully saturated rings. The molecule has 2 aliphatic heterocycles. The quantitative estimate of drug-likeness (QED) is 0.885. The van der Waals surface area contributed by atoms with Crippen molar-refractivity contribution in [2.24, 2.45) is 5.92 Å². The van der Waals surface area contributed by atoms with Crippen molar-refractivity contribution in [1.82, 2.24) is 14.9 Å². The van der Waals surface area contributed by atoms with E-state index in [4.69, 9.17) is 4.98 Å². The minimum absolute atomic E-state index is 0.485. The minimum Gasteiger partial charge on any atom is -0.356 e. The maximum absolute atomic E-state index is 4.85. The fourth-order valence-corrected chi connectivity index (χ4v) is 5.04. The number of anilines is 2. The molecule has 0 radical (unpaired) electrons. The van der Waals surface area contributed by atoms with Gasteiger partial charge >= 0.3 is 0 Å². The maximum Gasteiger partial charge on any atom is 0.224 e. The highest BCUT2D eigenvalue weighted by molar-refractivity contribution is 5.43. The molecule has 0 aromatic carbocycles. The molecule has 3 atom stereocenters. The summed E-state index contributed by atoms with van der Waals surface area (Å²) in [4.78, 5) is 14.5. The molecule has 1 N–H and O–H groups in total. The first-order valence-corrected chi connectivity index (χ1v) is 10.9. The lowest BCUT2D eigenvalue weighted by Gasteiger charge is -2.37. The number of nitrogens with one attached hydrogen (secondary N) is 1. The highest BCUT2D eigenvalue weighted by atomic mass is 15.3. The summed E-state index contributed by atoms with van der Waals surface area (Å²) >= 11 is 0. The van der Waals surface area contributed by atoms with Gasteiger partial charge in [-0.3, -0.25) is 4.90 Å². The molecule has 3 heterocycles. The van der Waals surface area contributed by atoms with E-state index in [0.717, 1.165) is 43.4 Å². The molecule has 1 saturated carbocycles. The van der Waals surface area contributed by atoms with Crippen molar-refractivity contribution in [3.63, 3.8) is 0 Å². The topological polar surface area (TPSA) is 44.3 Å². The number of piperidine rings is 1. The van der Waals surface area contributed by atoms with Gasteiger partial charge in [-0.2, -0.15) is 4.98 Å². The molecule has 2 saturated heterocycles. The van der Waals surface area contributed by atoms with E-state index < -0.39 is 0 Å². The third kappa shape index (κ3) is 4.48. The molecular weight excluding hydrogens is 322 g/mol. The Bertz CT molecular complexity index is 569. The first-order chi connectivity index (χ1) is 12.8. The van der Waals surface area contributed by atoms with E-state index in [-0.39, 0.29) is 0 Å². The number of rotatable bonds is 4. The predicted octanol–water partition coefficient (Wildman–Crippen LogP) is 3.92. The summed E-state index contributed by atoms with van der Waals surface area (Å²) in [5, 5.41) is 3.65. The molecule has 144 valence electrons. The van der Waals surface area contributed by atoms with Gasteiger partial charge in [0.2, 0.25) is 5.95 Å². The molecule has 0 bridgehead atoms. The highest BCUT2D eigenvalue weighted by Gasteiger charge is 2.30. The van der Waals surface area contributed by atoms with Gasteiger partial charge in [0.1, 0.15) is 5.82 Å². The lowest BCUT2D eigenvalue weighted by molar-refractivity contribution is 0.154. The van der Waals surface area contributed by atoms with Gasteiger partial charge in [-0.1, -0.05) is 19.8 Å². The van der Waals surface area contributed by atoms with Crippen LogP contribution in [0.3, 0.4) is 0 Å². The van der Waals surface area contributed by atoms with Crippen LogP contribution in [0.1, 0.15) is 64.7 Å². The van der Waals surface area contributed by atoms with Crippen LogP contribution in [-0.2, 0) is 0 Å². The van der Waals surface area contributed by atoms with Crippen molar-refractivity contribution in [3.8, 4) is 0 Å². The van der Waals surface area contributed by atoms with E-state index in [0.29, 0.717) is 6.04 Å². The van der Waals surface area contributed by atoms with Crippen LogP contribution < -0.4 is 10.2 Å². The SMILES string of the molecule is CC1CCC(N2CCCC(Nc3nccc(N4CCCCCC4)n3)C2)C1. The average molecular weight is 358 g/mol. The molecule has 3 aliphatic rings. The van der Waals surface area contributed by atoms with Crippen LogP contribution in [0.5, 0.6) is 0 Å². The molecule has 0 amide bonds. The third-order valence-electron chi connectivity index (χ3n) is 6.54. The Morgan fingerprint density at radius 2 is 1.85 bits per heavy atom. The Labute approximate surface area is 158 Å². The summed E-state index contributed by atoms with van der Waals surface area (Å²) in [6.07, 6.45) is 13.9. The molecule has 26 heavy (non-hydrogen) atoms. The van der Waals surface area contributed by atoms with Crippen molar-refractivity contribution < 1.29 is 0 Å². The summed E-state index contributed by atoms with van der Waals surface area (Å²) in [6, 6.07) is 3.36. The van der Waals surface area contributed by atoms with Crippen LogP contribution in [0, 0.1) is 5.92 Å². The summed E-state index contributed by atoms with van der Waals surface area (Å²) in [6.45, 7) is 7.09. The minimum atomic E-state index is 0.485. The van der Waals surface area contributed by atoms with Crippen LogP contribution >= 0.6 is 0 Å². The number of aromatic nitrogens is 2. The lowest BCUT2D eigenvalue weighted by Crippen LogP contribution is -2.46. The molecule has 1 aromatic heterocycles. The van der Waals surface area contributed by atoms with Gasteiger partial charge in [0.25, 0.3) is 0 Å². The van der Waals surface area contributed by atoms with E-state index in [9.17, 15) is 0 Å². The highest BCUT2D eigenvalue weighted by Crippen LogP contribution is 2.31. The van der Waals surface area contributed by atoms with Gasteiger partial charge in [-0.05, 0) is 63.5 Å². The third-order valence-corrected chi connectivity index (χ3v) is 6.54. The number of likely N-dealkylation sites (tertiary alicyclic amines) is 1. The largest absolute Gasteiger partial charge is 0.356 e. The van der Waals surface area contributed by atoms with Crippen molar-refractivity contribution >= 4 is 11.8 Å². The maximum atomic E-state index is 4.85. The van der Waals surface area contributed by atoms with Gasteiger partial charge in [-0.25, -0.2) is 4.98 Å². The van der Waals surface area contributed by atoms with Gasteiger partial charge in [-0.15, -0.1) is 0 Å². The van der Waals surface area contributed by atoms with Crippen molar-refractivity contribution in [1.29, 1.82) is 0 Å². The van der Waals surface area contributed by atoms with E-state index in [1.54, 1.807) is 0 Å². The van der Waals surface area contributed by atoms with E-state index >= 15 is 0 Å². The van der Waals surface area contributed by atoms with Gasteiger partial charge < -0.3 is 10.2 Å². The van der Waals surface area contributed by atoms with Crippen LogP contribution in [0.15, 0.2) is 12.3 Å². The Morgan fingerprint density at radius 3 is 2.62 bits per heavy atom. The lowest BCUT2D eigenvalue weighted by atomic mass is 10.0. The van der Waals surface area contributed by atoms with Crippen LogP contribution in [0.2, 0.25) is 0 Å². The molecule has 1 aliphatic carbocycles. The first-order valence-electron chi connectivity index (χ1n) is 10.9. The summed E-state index contributed by atoms with van der Waals surface area (Å²) in [7, 11) is 0. The zero-order chi connectivity index (χ0) is 17.8. The van der Waals surface area contributed by atoms with Gasteiger partial charge in [0.05, 0.1) is 0 Å². The van der Waals surface area contributed by atoms with E-state index in [2.05, 4.69) is 33.1 Å². The van der Waals surface area contributed by atoms with Crippen molar-refractivity contribution in [3.05, 3.63) is 12.3 Å². The van der Waals surface area contributed by atoms with Crippen LogP contribution in [-0.4, -0.2) is 53.1 Å². The molecule has 3 unspecified atom stereocenters. The molecule has 1 aromatic rings. The van der Waals surface area contributed by atoms with E-state index in [1.165, 1.54) is 64.3 Å². The normalized spacial score (nSPS) is 31.0. The summed E-state index contributed by atoms with van der Waals surface area (Å²) < 4.78 is 0. The second kappa shape index (κ2) is 8.55. The fraction of sp³-hybridized carbons (Fsp3) is 0.810. The molecule has 5 heteroatoms. The zero-order valence-electron chi connectivity index (χ0n) is 16.4. The number of nitrogens with zero attached hydrogens (tertiary/aromatic N) is 4. The smallest absolute Gasteiger partial charge is 0.224 e. The van der Waals surface area contributed by atoms with Crippen LogP contribution in [0.25, 0.3) is 0 Å². The Morgan fingerprint density at radius 1 is 1.00 bits per heavy atom. The Balaban J connectivity index is 1.36. The van der Waals surface area contributed by atoms with Crippen molar-refractivity contribution in [2.75, 3.05) is 36.4 Å². The number of hydrogen-bond acceptors (Lipinski definition) is 5. The Hall–Kier alpha value is -1.36. The molecule has 4 rings (SSSR count). The molecular formula is C21H35N5. The van der Waals surface area contributed by atoms with E-state index in [1.807, 2.05) is 6.20 Å². The fourth-order valence-electron chi connectivity index (χ4n) is 5.04. The van der Waals surface area contributed by atoms with Gasteiger partial charge in [0, 0.05) is 37.9 Å².